The predicted octanol–water partition coefficient (Wildman–Crippen LogP) is 1.74. The van der Waals surface area contributed by atoms with Crippen LogP contribution in [0.2, 0.25) is 0 Å². The quantitative estimate of drug-likeness (QED) is 0.800. The SMILES string of the molecule is Cc1ccc(C)c(C(=O)N2CCN[C@@H](C)C2)c1. The van der Waals surface area contributed by atoms with E-state index in [1.54, 1.807) is 0 Å². The van der Waals surface area contributed by atoms with Crippen LogP contribution < -0.4 is 5.32 Å². The molecule has 0 unspecified atom stereocenters. The van der Waals surface area contributed by atoms with Gasteiger partial charge in [-0.15, -0.1) is 0 Å². The Morgan fingerprint density at radius 1 is 1.41 bits per heavy atom. The largest absolute Gasteiger partial charge is 0.336 e. The Labute approximate surface area is 103 Å². The van der Waals surface area contributed by atoms with Gasteiger partial charge in [0.25, 0.3) is 5.91 Å². The molecule has 17 heavy (non-hydrogen) atoms. The smallest absolute Gasteiger partial charge is 0.254 e. The second kappa shape index (κ2) is 4.88. The number of carbonyl (C=O) groups excluding carboxylic acids is 1. The Balaban J connectivity index is 2.21. The lowest BCUT2D eigenvalue weighted by molar-refractivity contribution is 0.0708. The van der Waals surface area contributed by atoms with Gasteiger partial charge in [-0.05, 0) is 32.4 Å². The molecule has 0 aliphatic carbocycles. The van der Waals surface area contributed by atoms with E-state index in [-0.39, 0.29) is 5.91 Å². The molecule has 1 fully saturated rings. The first-order valence-electron chi connectivity index (χ1n) is 6.18. The number of carbonyl (C=O) groups is 1. The first-order chi connectivity index (χ1) is 8.08. The van der Waals surface area contributed by atoms with Crippen molar-refractivity contribution in [2.75, 3.05) is 19.6 Å². The first-order valence-corrected chi connectivity index (χ1v) is 6.18. The van der Waals surface area contributed by atoms with Crippen LogP contribution >= 0.6 is 0 Å². The molecule has 0 radical (unpaired) electrons. The molecule has 0 saturated carbocycles. The number of aryl methyl sites for hydroxylation is 2. The predicted molar refractivity (Wildman–Crippen MR) is 69.3 cm³/mol. The highest BCUT2D eigenvalue weighted by Gasteiger charge is 2.22. The van der Waals surface area contributed by atoms with Gasteiger partial charge in [0.05, 0.1) is 0 Å². The first kappa shape index (κ1) is 12.1. The molecule has 1 amide bonds. The Kier molecular flexibility index (Phi) is 3.48. The summed E-state index contributed by atoms with van der Waals surface area (Å²) in [4.78, 5) is 14.4. The van der Waals surface area contributed by atoms with Gasteiger partial charge < -0.3 is 10.2 Å². The molecule has 1 aliphatic rings. The van der Waals surface area contributed by atoms with Gasteiger partial charge >= 0.3 is 0 Å². The molecule has 1 atom stereocenters. The summed E-state index contributed by atoms with van der Waals surface area (Å²) in [5.74, 6) is 0.166. The van der Waals surface area contributed by atoms with Crippen LogP contribution in [-0.2, 0) is 0 Å². The summed E-state index contributed by atoms with van der Waals surface area (Å²) in [6.45, 7) is 8.62. The van der Waals surface area contributed by atoms with Crippen LogP contribution in [-0.4, -0.2) is 36.5 Å². The van der Waals surface area contributed by atoms with Crippen LogP contribution in [0.5, 0.6) is 0 Å². The molecule has 3 nitrogen and oxygen atoms in total. The van der Waals surface area contributed by atoms with E-state index in [1.807, 2.05) is 36.9 Å². The van der Waals surface area contributed by atoms with Crippen molar-refractivity contribution in [3.8, 4) is 0 Å². The summed E-state index contributed by atoms with van der Waals surface area (Å²) in [6, 6.07) is 6.45. The molecule has 3 heteroatoms. The second-order valence-corrected chi connectivity index (χ2v) is 4.92. The topological polar surface area (TPSA) is 32.3 Å². The summed E-state index contributed by atoms with van der Waals surface area (Å²) in [5, 5.41) is 3.35. The van der Waals surface area contributed by atoms with Crippen molar-refractivity contribution in [2.45, 2.75) is 26.8 Å². The Morgan fingerprint density at radius 3 is 2.88 bits per heavy atom. The van der Waals surface area contributed by atoms with Crippen molar-refractivity contribution in [2.24, 2.45) is 0 Å². The van der Waals surface area contributed by atoms with Crippen LogP contribution in [0.15, 0.2) is 18.2 Å². The zero-order valence-electron chi connectivity index (χ0n) is 10.8. The monoisotopic (exact) mass is 232 g/mol. The maximum Gasteiger partial charge on any atom is 0.254 e. The Bertz CT molecular complexity index is 428. The second-order valence-electron chi connectivity index (χ2n) is 4.92. The van der Waals surface area contributed by atoms with Crippen molar-refractivity contribution >= 4 is 5.91 Å². The van der Waals surface area contributed by atoms with Crippen molar-refractivity contribution in [3.05, 3.63) is 34.9 Å². The average Bonchev–Trinajstić information content (AvgIpc) is 2.31. The van der Waals surface area contributed by atoms with Crippen molar-refractivity contribution in [1.29, 1.82) is 0 Å². The summed E-state index contributed by atoms with van der Waals surface area (Å²) >= 11 is 0. The van der Waals surface area contributed by atoms with E-state index in [0.29, 0.717) is 6.04 Å². The number of nitrogens with zero attached hydrogens (tertiary/aromatic N) is 1. The molecule has 0 bridgehead atoms. The van der Waals surface area contributed by atoms with E-state index in [0.717, 1.165) is 36.3 Å². The van der Waals surface area contributed by atoms with Gasteiger partial charge in [-0.25, -0.2) is 0 Å². The molecule has 92 valence electrons. The minimum atomic E-state index is 0.166. The molecule has 2 rings (SSSR count). The number of rotatable bonds is 1. The van der Waals surface area contributed by atoms with Crippen LogP contribution in [0.25, 0.3) is 0 Å². The van der Waals surface area contributed by atoms with E-state index < -0.39 is 0 Å². The standard InChI is InChI=1S/C14H20N2O/c1-10-4-5-11(2)13(8-10)14(17)16-7-6-15-12(3)9-16/h4-5,8,12,15H,6-7,9H2,1-3H3/t12-/m0/s1. The third kappa shape index (κ3) is 2.67. The van der Waals surface area contributed by atoms with Crippen LogP contribution in [0, 0.1) is 13.8 Å². The minimum Gasteiger partial charge on any atom is -0.336 e. The highest BCUT2D eigenvalue weighted by molar-refractivity contribution is 5.96. The van der Waals surface area contributed by atoms with Crippen LogP contribution in [0.4, 0.5) is 0 Å². The summed E-state index contributed by atoms with van der Waals surface area (Å²) in [5.41, 5.74) is 3.05. The Hall–Kier alpha value is -1.35. The lowest BCUT2D eigenvalue weighted by atomic mass is 10.0. The van der Waals surface area contributed by atoms with Crippen molar-refractivity contribution < 1.29 is 4.79 Å². The molecular weight excluding hydrogens is 212 g/mol. The molecule has 1 aromatic rings. The maximum absolute atomic E-state index is 12.4. The third-order valence-corrected chi connectivity index (χ3v) is 3.28. The van der Waals surface area contributed by atoms with Gasteiger partial charge in [-0.2, -0.15) is 0 Å². The van der Waals surface area contributed by atoms with Crippen LogP contribution in [0.1, 0.15) is 28.4 Å². The Morgan fingerprint density at radius 2 is 2.18 bits per heavy atom. The van der Waals surface area contributed by atoms with Crippen LogP contribution in [0.3, 0.4) is 0 Å². The van der Waals surface area contributed by atoms with Crippen molar-refractivity contribution in [3.63, 3.8) is 0 Å². The number of benzene rings is 1. The summed E-state index contributed by atoms with van der Waals surface area (Å²) < 4.78 is 0. The van der Waals surface area contributed by atoms with Gasteiger partial charge in [0.15, 0.2) is 0 Å². The van der Waals surface area contributed by atoms with Gasteiger partial charge in [-0.3, -0.25) is 4.79 Å². The third-order valence-electron chi connectivity index (χ3n) is 3.28. The number of hydrogen-bond acceptors (Lipinski definition) is 2. The van der Waals surface area contributed by atoms with Gasteiger partial charge in [0.2, 0.25) is 0 Å². The maximum atomic E-state index is 12.4. The normalized spacial score (nSPS) is 20.4. The molecule has 1 saturated heterocycles. The van der Waals surface area contributed by atoms with Gasteiger partial charge in [-0.1, -0.05) is 17.7 Å². The number of nitrogens with one attached hydrogen (secondary N) is 1. The summed E-state index contributed by atoms with van der Waals surface area (Å²) in [6.07, 6.45) is 0. The van der Waals surface area contributed by atoms with E-state index >= 15 is 0 Å². The van der Waals surface area contributed by atoms with E-state index in [1.165, 1.54) is 0 Å². The molecule has 0 aromatic heterocycles. The minimum absolute atomic E-state index is 0.166. The zero-order chi connectivity index (χ0) is 12.4. The number of hydrogen-bond donors (Lipinski definition) is 1. The lowest BCUT2D eigenvalue weighted by Gasteiger charge is -2.32. The van der Waals surface area contributed by atoms with Gasteiger partial charge in [0, 0.05) is 31.2 Å². The van der Waals surface area contributed by atoms with E-state index in [9.17, 15) is 4.79 Å². The fourth-order valence-corrected chi connectivity index (χ4v) is 2.25. The fourth-order valence-electron chi connectivity index (χ4n) is 2.25. The van der Waals surface area contributed by atoms with E-state index in [4.69, 9.17) is 0 Å². The molecule has 0 spiro atoms. The van der Waals surface area contributed by atoms with Crippen molar-refractivity contribution in [1.82, 2.24) is 10.2 Å². The fraction of sp³-hybridized carbons (Fsp3) is 0.500. The molecule has 1 aliphatic heterocycles. The highest BCUT2D eigenvalue weighted by atomic mass is 16.2. The summed E-state index contributed by atoms with van der Waals surface area (Å²) in [7, 11) is 0. The van der Waals surface area contributed by atoms with E-state index in [2.05, 4.69) is 12.2 Å². The lowest BCUT2D eigenvalue weighted by Crippen LogP contribution is -2.51. The molecule has 1 heterocycles. The van der Waals surface area contributed by atoms with Gasteiger partial charge in [0.1, 0.15) is 0 Å². The molecule has 1 N–H and O–H groups in total. The average molecular weight is 232 g/mol. The number of amides is 1. The highest BCUT2D eigenvalue weighted by Crippen LogP contribution is 2.14. The number of piperazine rings is 1. The molecule has 1 aromatic carbocycles. The molecular formula is C14H20N2O. The zero-order valence-corrected chi connectivity index (χ0v) is 10.8.